The van der Waals surface area contributed by atoms with Crippen LogP contribution < -0.4 is 10.9 Å². The van der Waals surface area contributed by atoms with E-state index in [0.29, 0.717) is 28.0 Å². The molecule has 0 fully saturated rings. The Morgan fingerprint density at radius 3 is 2.40 bits per heavy atom. The van der Waals surface area contributed by atoms with Crippen LogP contribution >= 0.6 is 0 Å². The second-order valence-corrected chi connectivity index (χ2v) is 11.1. The van der Waals surface area contributed by atoms with Gasteiger partial charge in [0.1, 0.15) is 29.6 Å². The van der Waals surface area contributed by atoms with Crippen LogP contribution in [0.25, 0.3) is 21.9 Å². The molecule has 3 heterocycles. The highest BCUT2D eigenvalue weighted by Crippen LogP contribution is 2.52. The predicted molar refractivity (Wildman–Crippen MR) is 153 cm³/mol. The highest BCUT2D eigenvalue weighted by molar-refractivity contribution is 5.87. The van der Waals surface area contributed by atoms with Gasteiger partial charge >= 0.3 is 0 Å². The fourth-order valence-corrected chi connectivity index (χ4v) is 5.88. The zero-order valence-electron chi connectivity index (χ0n) is 24.0. The minimum Gasteiger partial charge on any atom is -0.346 e. The number of carbonyl (C=O) groups excluding carboxylic acids is 1. The van der Waals surface area contributed by atoms with Gasteiger partial charge in [0.25, 0.3) is 23.8 Å². The van der Waals surface area contributed by atoms with E-state index in [1.165, 1.54) is 12.4 Å². The molecule has 0 spiro atoms. The fourth-order valence-electron chi connectivity index (χ4n) is 5.88. The number of nitrogens with one attached hydrogen (secondary N) is 2. The van der Waals surface area contributed by atoms with E-state index in [4.69, 9.17) is 0 Å². The van der Waals surface area contributed by atoms with Crippen LogP contribution in [0.3, 0.4) is 0 Å². The molecule has 0 unspecified atom stereocenters. The molecule has 0 saturated carbocycles. The van der Waals surface area contributed by atoms with Crippen molar-refractivity contribution in [2.24, 2.45) is 0 Å². The van der Waals surface area contributed by atoms with Gasteiger partial charge in [-0.05, 0) is 53.3 Å². The van der Waals surface area contributed by atoms with Crippen molar-refractivity contribution in [3.63, 3.8) is 0 Å². The third-order valence-electron chi connectivity index (χ3n) is 7.90. The average Bonchev–Trinajstić information content (AvgIpc) is 3.41. The van der Waals surface area contributed by atoms with Crippen LogP contribution in [-0.2, 0) is 29.6 Å². The van der Waals surface area contributed by atoms with Crippen molar-refractivity contribution in [2.75, 3.05) is 0 Å². The molecule has 0 saturated heterocycles. The number of rotatable bonds is 8. The third kappa shape index (κ3) is 6.21. The SMILES string of the molecule is O=C(Cn1nc(C(F)F)c2c1C(F)(F)CCC2(F)F)N[C@@H](Cc1cc(F)cc(F)c1)c1ncccc1-c1ccc2cc[nH]c(=O)c2c1. The van der Waals surface area contributed by atoms with E-state index in [1.54, 1.807) is 36.4 Å². The predicted octanol–water partition coefficient (Wildman–Crippen LogP) is 7.08. The number of aromatic amines is 1. The van der Waals surface area contributed by atoms with E-state index in [1.807, 2.05) is 0 Å². The zero-order valence-corrected chi connectivity index (χ0v) is 24.0. The number of pyridine rings is 2. The Bertz CT molecular complexity index is 2040. The minimum absolute atomic E-state index is 0.0574. The Kier molecular flexibility index (Phi) is 8.10. The summed E-state index contributed by atoms with van der Waals surface area (Å²) in [6.07, 6.45) is -3.84. The largest absolute Gasteiger partial charge is 0.346 e. The Labute approximate surface area is 260 Å². The van der Waals surface area contributed by atoms with Crippen molar-refractivity contribution >= 4 is 16.7 Å². The van der Waals surface area contributed by atoms with E-state index in [2.05, 4.69) is 20.4 Å². The summed E-state index contributed by atoms with van der Waals surface area (Å²) in [5, 5.41) is 6.78. The average molecular weight is 662 g/mol. The lowest BCUT2D eigenvalue weighted by atomic mass is 9.89. The summed E-state index contributed by atoms with van der Waals surface area (Å²) >= 11 is 0. The third-order valence-corrected chi connectivity index (χ3v) is 7.90. The quantitative estimate of drug-likeness (QED) is 0.174. The molecule has 6 rings (SSSR count). The Hall–Kier alpha value is -5.08. The lowest BCUT2D eigenvalue weighted by Crippen LogP contribution is -2.37. The van der Waals surface area contributed by atoms with Gasteiger partial charge in [-0.3, -0.25) is 19.3 Å². The second kappa shape index (κ2) is 11.9. The van der Waals surface area contributed by atoms with Crippen LogP contribution in [0.4, 0.5) is 35.1 Å². The number of fused-ring (bicyclic) bond motifs is 2. The van der Waals surface area contributed by atoms with Gasteiger partial charge in [-0.1, -0.05) is 18.2 Å². The smallest absolute Gasteiger partial charge is 0.290 e. The molecule has 15 heteroatoms. The van der Waals surface area contributed by atoms with Gasteiger partial charge in [0.05, 0.1) is 17.3 Å². The monoisotopic (exact) mass is 661 g/mol. The van der Waals surface area contributed by atoms with E-state index < -0.39 is 78.2 Å². The van der Waals surface area contributed by atoms with Gasteiger partial charge in [-0.25, -0.2) is 26.3 Å². The molecule has 5 aromatic rings. The maximum atomic E-state index is 14.9. The molecule has 2 N–H and O–H groups in total. The number of hydrogen-bond donors (Lipinski definition) is 2. The number of carbonyl (C=O) groups is 1. The summed E-state index contributed by atoms with van der Waals surface area (Å²) in [6, 6.07) is 11.2. The van der Waals surface area contributed by atoms with Crippen LogP contribution in [0.2, 0.25) is 0 Å². The van der Waals surface area contributed by atoms with Gasteiger partial charge in [0.15, 0.2) is 0 Å². The summed E-state index contributed by atoms with van der Waals surface area (Å²) in [4.78, 5) is 32.8. The van der Waals surface area contributed by atoms with E-state index in [0.717, 1.165) is 12.1 Å². The molecule has 2 aromatic carbocycles. The van der Waals surface area contributed by atoms with Gasteiger partial charge in [0.2, 0.25) is 5.91 Å². The molecular weight excluding hydrogens is 638 g/mol. The maximum absolute atomic E-state index is 14.9. The van der Waals surface area contributed by atoms with E-state index >= 15 is 0 Å². The van der Waals surface area contributed by atoms with Crippen LogP contribution in [0.1, 0.15) is 53.5 Å². The van der Waals surface area contributed by atoms with Crippen LogP contribution in [0, 0.1) is 11.6 Å². The van der Waals surface area contributed by atoms with Gasteiger partial charge in [0, 0.05) is 42.3 Å². The number of H-pyrrole nitrogens is 1. The molecule has 7 nitrogen and oxygen atoms in total. The summed E-state index contributed by atoms with van der Waals surface area (Å²) < 4.78 is 115. The molecule has 1 atom stereocenters. The molecular formula is C32H23F8N5O2. The lowest BCUT2D eigenvalue weighted by Gasteiger charge is -2.29. The zero-order chi connectivity index (χ0) is 33.7. The standard InChI is InChI=1S/C32H23F8N5O2/c33-19-10-16(11-20(34)14-19)12-23(26-21(2-1-8-41-26)18-4-3-17-5-9-42-30(47)22(17)13-18)43-24(46)15-45-28-25(27(44-45)29(35)36)31(37,38)6-7-32(28,39)40/h1-5,8-11,13-14,23,29H,6-7,12,15H2,(H,42,47)(H,43,46)/t23-/m0/s1. The summed E-state index contributed by atoms with van der Waals surface area (Å²) in [5.41, 5.74) is -4.00. The number of hydrogen-bond acceptors (Lipinski definition) is 4. The summed E-state index contributed by atoms with van der Waals surface area (Å²) in [6.45, 7) is -1.16. The summed E-state index contributed by atoms with van der Waals surface area (Å²) in [5.74, 6) is -11.0. The normalized spacial score (nSPS) is 15.9. The molecule has 0 bridgehead atoms. The Morgan fingerprint density at radius 1 is 0.957 bits per heavy atom. The first kappa shape index (κ1) is 31.9. The molecule has 1 amide bonds. The highest BCUT2D eigenvalue weighted by Gasteiger charge is 2.55. The van der Waals surface area contributed by atoms with Crippen molar-refractivity contribution in [3.05, 3.63) is 117 Å². The molecule has 0 aliphatic heterocycles. The number of aromatic nitrogens is 4. The first-order valence-electron chi connectivity index (χ1n) is 14.2. The van der Waals surface area contributed by atoms with Crippen molar-refractivity contribution < 1.29 is 39.9 Å². The lowest BCUT2D eigenvalue weighted by molar-refractivity contribution is -0.123. The first-order chi connectivity index (χ1) is 22.2. The molecule has 244 valence electrons. The number of amides is 1. The van der Waals surface area contributed by atoms with Gasteiger partial charge in [-0.2, -0.15) is 13.9 Å². The first-order valence-corrected chi connectivity index (χ1v) is 14.2. The molecule has 3 aromatic heterocycles. The van der Waals surface area contributed by atoms with Crippen molar-refractivity contribution in [3.8, 4) is 11.1 Å². The second-order valence-electron chi connectivity index (χ2n) is 11.1. The molecule has 0 radical (unpaired) electrons. The van der Waals surface area contributed by atoms with Crippen molar-refractivity contribution in [2.45, 2.75) is 50.1 Å². The Morgan fingerprint density at radius 2 is 1.68 bits per heavy atom. The minimum atomic E-state index is -4.04. The van der Waals surface area contributed by atoms with Gasteiger partial charge in [-0.15, -0.1) is 0 Å². The maximum Gasteiger partial charge on any atom is 0.290 e. The molecule has 47 heavy (non-hydrogen) atoms. The Balaban J connectivity index is 1.41. The van der Waals surface area contributed by atoms with E-state index in [9.17, 15) is 44.7 Å². The van der Waals surface area contributed by atoms with Gasteiger partial charge < -0.3 is 10.3 Å². The number of halogens is 8. The van der Waals surface area contributed by atoms with Crippen LogP contribution in [-0.4, -0.2) is 25.7 Å². The highest BCUT2D eigenvalue weighted by atomic mass is 19.3. The topological polar surface area (TPSA) is 92.7 Å². The number of nitrogens with zero attached hydrogens (tertiary/aromatic N) is 3. The summed E-state index contributed by atoms with van der Waals surface area (Å²) in [7, 11) is 0. The number of alkyl halides is 6. The van der Waals surface area contributed by atoms with Crippen LogP contribution in [0.15, 0.2) is 71.8 Å². The number of benzene rings is 2. The fraction of sp³-hybridized carbons (Fsp3) is 0.250. The van der Waals surface area contributed by atoms with Crippen LogP contribution in [0.5, 0.6) is 0 Å². The van der Waals surface area contributed by atoms with Crippen molar-refractivity contribution in [1.29, 1.82) is 0 Å². The van der Waals surface area contributed by atoms with Crippen molar-refractivity contribution in [1.82, 2.24) is 25.1 Å². The van der Waals surface area contributed by atoms with E-state index in [-0.39, 0.29) is 27.9 Å². The molecule has 1 aliphatic carbocycles. The molecule has 1 aliphatic rings.